The van der Waals surface area contributed by atoms with Crippen LogP contribution in [0.15, 0.2) is 30.5 Å². The van der Waals surface area contributed by atoms with Gasteiger partial charge in [-0.05, 0) is 11.5 Å². The van der Waals surface area contributed by atoms with Crippen LogP contribution in [-0.4, -0.2) is 14.1 Å². The average Bonchev–Trinajstić information content (AvgIpc) is 2.27. The summed E-state index contributed by atoms with van der Waals surface area (Å²) in [6.45, 7) is 0. The second-order valence-corrected chi connectivity index (χ2v) is 3.29. The van der Waals surface area contributed by atoms with E-state index in [-0.39, 0.29) is 0 Å². The van der Waals surface area contributed by atoms with Crippen LogP contribution in [0.25, 0.3) is 10.8 Å². The Morgan fingerprint density at radius 2 is 2.00 bits per heavy atom. The number of pyridine rings is 1. The van der Waals surface area contributed by atoms with Crippen LogP contribution in [0.1, 0.15) is 0 Å². The monoisotopic (exact) mass is 203 g/mol. The minimum Gasteiger partial charge on any atom is -0.711 e. The quantitative estimate of drug-likeness (QED) is 0.575. The topological polar surface area (TPSA) is 51.0 Å². The van der Waals surface area contributed by atoms with E-state index in [9.17, 15) is 5.21 Å². The fraction of sp³-hybridized carbons (Fsp3) is 0.182. The Morgan fingerprint density at radius 3 is 2.67 bits per heavy atom. The standard InChI is InChI=1S/C11H13N3O/c1-12-10-5-3-4-8-6-11(13-2)14(15)7-9(8)10/h3-7,12-13H,1-2H3. The second-order valence-electron chi connectivity index (χ2n) is 3.29. The molecule has 0 aliphatic heterocycles. The molecule has 0 unspecified atom stereocenters. The maximum Gasteiger partial charge on any atom is 0.277 e. The number of anilines is 2. The molecule has 78 valence electrons. The van der Waals surface area contributed by atoms with E-state index < -0.39 is 0 Å². The van der Waals surface area contributed by atoms with E-state index in [1.807, 2.05) is 31.3 Å². The number of benzene rings is 1. The van der Waals surface area contributed by atoms with E-state index >= 15 is 0 Å². The first-order valence-corrected chi connectivity index (χ1v) is 4.77. The molecule has 0 atom stereocenters. The zero-order valence-electron chi connectivity index (χ0n) is 8.74. The summed E-state index contributed by atoms with van der Waals surface area (Å²) < 4.78 is 0.836. The first kappa shape index (κ1) is 9.58. The summed E-state index contributed by atoms with van der Waals surface area (Å²) in [7, 11) is 3.58. The lowest BCUT2D eigenvalue weighted by molar-refractivity contribution is -0.588. The van der Waals surface area contributed by atoms with Crippen molar-refractivity contribution in [3.8, 4) is 0 Å². The van der Waals surface area contributed by atoms with Gasteiger partial charge in [0, 0.05) is 24.2 Å². The van der Waals surface area contributed by atoms with Gasteiger partial charge in [-0.25, -0.2) is 4.73 Å². The largest absolute Gasteiger partial charge is 0.711 e. The van der Waals surface area contributed by atoms with Gasteiger partial charge < -0.3 is 10.5 Å². The number of aromatic nitrogens is 1. The fourth-order valence-corrected chi connectivity index (χ4v) is 1.65. The van der Waals surface area contributed by atoms with Crippen molar-refractivity contribution in [1.29, 1.82) is 0 Å². The number of fused-ring (bicyclic) bond motifs is 1. The van der Waals surface area contributed by atoms with E-state index in [4.69, 9.17) is 0 Å². The Labute approximate surface area is 88.1 Å². The Bertz CT molecular complexity index is 496. The number of nitrogens with zero attached hydrogens (tertiary/aromatic N) is 1. The molecule has 15 heavy (non-hydrogen) atoms. The van der Waals surface area contributed by atoms with Crippen molar-refractivity contribution < 1.29 is 4.73 Å². The third-order valence-corrected chi connectivity index (χ3v) is 2.44. The van der Waals surface area contributed by atoms with Crippen LogP contribution < -0.4 is 15.4 Å². The summed E-state index contributed by atoms with van der Waals surface area (Å²) in [5.74, 6) is 0.552. The SMILES string of the molecule is CNc1cccc2cc(NC)[n+]([O-])cc12. The van der Waals surface area contributed by atoms with Gasteiger partial charge in [-0.15, -0.1) is 0 Å². The number of rotatable bonds is 2. The molecule has 0 saturated carbocycles. The summed E-state index contributed by atoms with van der Waals surface area (Å²) in [6, 6.07) is 7.73. The summed E-state index contributed by atoms with van der Waals surface area (Å²) >= 11 is 0. The lowest BCUT2D eigenvalue weighted by atomic mass is 10.1. The van der Waals surface area contributed by atoms with Crippen LogP contribution in [0, 0.1) is 5.21 Å². The molecule has 0 radical (unpaired) electrons. The predicted molar refractivity (Wildman–Crippen MR) is 62.0 cm³/mol. The van der Waals surface area contributed by atoms with Crippen LogP contribution in [-0.2, 0) is 0 Å². The molecule has 2 rings (SSSR count). The molecule has 4 nitrogen and oxygen atoms in total. The number of hydrogen-bond acceptors (Lipinski definition) is 3. The van der Waals surface area contributed by atoms with Crippen molar-refractivity contribution in [2.24, 2.45) is 0 Å². The molecule has 1 aromatic heterocycles. The lowest BCUT2D eigenvalue weighted by Crippen LogP contribution is -2.29. The molecular formula is C11H13N3O. The smallest absolute Gasteiger partial charge is 0.277 e. The molecule has 0 aliphatic rings. The van der Waals surface area contributed by atoms with Crippen LogP contribution in [0.3, 0.4) is 0 Å². The van der Waals surface area contributed by atoms with E-state index in [0.29, 0.717) is 5.82 Å². The van der Waals surface area contributed by atoms with Gasteiger partial charge in [-0.3, -0.25) is 5.32 Å². The Balaban J connectivity index is 2.74. The maximum absolute atomic E-state index is 11.6. The molecule has 2 aromatic rings. The third-order valence-electron chi connectivity index (χ3n) is 2.44. The molecule has 1 heterocycles. The predicted octanol–water partition coefficient (Wildman–Crippen LogP) is 1.56. The molecular weight excluding hydrogens is 190 g/mol. The highest BCUT2D eigenvalue weighted by Gasteiger charge is 2.06. The van der Waals surface area contributed by atoms with E-state index in [2.05, 4.69) is 10.6 Å². The molecule has 0 amide bonds. The molecule has 0 spiro atoms. The van der Waals surface area contributed by atoms with Crippen molar-refractivity contribution in [2.45, 2.75) is 0 Å². The van der Waals surface area contributed by atoms with Gasteiger partial charge in [0.15, 0.2) is 0 Å². The van der Waals surface area contributed by atoms with Crippen molar-refractivity contribution in [3.63, 3.8) is 0 Å². The van der Waals surface area contributed by atoms with Crippen LogP contribution in [0.2, 0.25) is 0 Å². The highest BCUT2D eigenvalue weighted by molar-refractivity contribution is 5.93. The zero-order chi connectivity index (χ0) is 10.8. The van der Waals surface area contributed by atoms with Gasteiger partial charge >= 0.3 is 0 Å². The minimum absolute atomic E-state index is 0.552. The first-order chi connectivity index (χ1) is 7.26. The fourth-order valence-electron chi connectivity index (χ4n) is 1.65. The van der Waals surface area contributed by atoms with Crippen molar-refractivity contribution in [3.05, 3.63) is 35.7 Å². The Hall–Kier alpha value is -1.97. The Morgan fingerprint density at radius 1 is 1.20 bits per heavy atom. The first-order valence-electron chi connectivity index (χ1n) is 4.77. The normalized spacial score (nSPS) is 10.3. The van der Waals surface area contributed by atoms with Crippen LogP contribution >= 0.6 is 0 Å². The van der Waals surface area contributed by atoms with Gasteiger partial charge in [0.25, 0.3) is 5.82 Å². The average molecular weight is 203 g/mol. The molecule has 2 N–H and O–H groups in total. The van der Waals surface area contributed by atoms with Crippen molar-refractivity contribution >= 4 is 22.3 Å². The van der Waals surface area contributed by atoms with E-state index in [1.165, 1.54) is 0 Å². The van der Waals surface area contributed by atoms with Gasteiger partial charge in [0.2, 0.25) is 0 Å². The van der Waals surface area contributed by atoms with Crippen molar-refractivity contribution in [2.75, 3.05) is 24.7 Å². The number of hydrogen-bond donors (Lipinski definition) is 2. The van der Waals surface area contributed by atoms with Crippen LogP contribution in [0.5, 0.6) is 0 Å². The zero-order valence-corrected chi connectivity index (χ0v) is 8.74. The summed E-state index contributed by atoms with van der Waals surface area (Å²) in [6.07, 6.45) is 1.58. The van der Waals surface area contributed by atoms with Gasteiger partial charge in [-0.2, -0.15) is 0 Å². The highest BCUT2D eigenvalue weighted by atomic mass is 16.5. The molecule has 0 saturated heterocycles. The molecule has 0 aliphatic carbocycles. The van der Waals surface area contributed by atoms with Gasteiger partial charge in [-0.1, -0.05) is 12.1 Å². The number of nitrogens with one attached hydrogen (secondary N) is 2. The third kappa shape index (κ3) is 1.54. The summed E-state index contributed by atoms with van der Waals surface area (Å²) in [5.41, 5.74) is 0.958. The maximum atomic E-state index is 11.6. The van der Waals surface area contributed by atoms with Gasteiger partial charge in [0.1, 0.15) is 6.20 Å². The lowest BCUT2D eigenvalue weighted by Gasteiger charge is -2.11. The second kappa shape index (κ2) is 3.65. The van der Waals surface area contributed by atoms with Gasteiger partial charge in [0.05, 0.1) is 7.05 Å². The van der Waals surface area contributed by atoms with Crippen molar-refractivity contribution in [1.82, 2.24) is 0 Å². The molecule has 0 fully saturated rings. The molecule has 4 heteroatoms. The summed E-state index contributed by atoms with van der Waals surface area (Å²) in [4.78, 5) is 0. The van der Waals surface area contributed by atoms with E-state index in [0.717, 1.165) is 21.2 Å². The van der Waals surface area contributed by atoms with Crippen LogP contribution in [0.4, 0.5) is 11.5 Å². The minimum atomic E-state index is 0.552. The van der Waals surface area contributed by atoms with E-state index in [1.54, 1.807) is 13.2 Å². The highest BCUT2D eigenvalue weighted by Crippen LogP contribution is 2.22. The summed E-state index contributed by atoms with van der Waals surface area (Å²) in [5, 5.41) is 19.4. The molecule has 1 aromatic carbocycles. The molecule has 0 bridgehead atoms. The Kier molecular flexibility index (Phi) is 2.33.